The zero-order valence-corrected chi connectivity index (χ0v) is 16.6. The summed E-state index contributed by atoms with van der Waals surface area (Å²) < 4.78 is 15.8. The molecule has 5 nitrogen and oxygen atoms in total. The van der Waals surface area contributed by atoms with Gasteiger partial charge in [-0.05, 0) is 65.7 Å². The minimum atomic E-state index is -0.461. The number of esters is 2. The second-order valence-corrected chi connectivity index (χ2v) is 6.68. The molecule has 0 radical (unpaired) electrons. The third-order valence-electron chi connectivity index (χ3n) is 4.55. The second kappa shape index (κ2) is 9.73. The quantitative estimate of drug-likeness (QED) is 0.291. The van der Waals surface area contributed by atoms with Crippen molar-refractivity contribution in [3.63, 3.8) is 0 Å². The van der Waals surface area contributed by atoms with Gasteiger partial charge in [0.2, 0.25) is 0 Å². The second-order valence-electron chi connectivity index (χ2n) is 6.68. The third kappa shape index (κ3) is 5.35. The number of fused-ring (bicyclic) bond motifs is 1. The van der Waals surface area contributed by atoms with Gasteiger partial charge in [0.05, 0.1) is 24.8 Å². The summed E-state index contributed by atoms with van der Waals surface area (Å²) in [5.41, 5.74) is 0.844. The molecule has 0 saturated carbocycles. The summed E-state index contributed by atoms with van der Waals surface area (Å²) in [6.07, 6.45) is 3.36. The molecule has 0 atom stereocenters. The number of benzene rings is 3. The van der Waals surface area contributed by atoms with E-state index in [0.717, 1.165) is 35.8 Å². The predicted octanol–water partition coefficient (Wildman–Crippen LogP) is 5.41. The van der Waals surface area contributed by atoms with Crippen molar-refractivity contribution in [1.82, 2.24) is 0 Å². The number of hydrogen-bond acceptors (Lipinski definition) is 5. The molecule has 0 fully saturated rings. The molecule has 3 rings (SSSR count). The molecular weight excluding hydrogens is 368 g/mol. The van der Waals surface area contributed by atoms with Crippen LogP contribution in [0.4, 0.5) is 0 Å². The summed E-state index contributed by atoms with van der Waals surface area (Å²) >= 11 is 0. The summed E-state index contributed by atoms with van der Waals surface area (Å²) in [5.74, 6) is 0.289. The first-order valence-corrected chi connectivity index (χ1v) is 9.68. The summed E-state index contributed by atoms with van der Waals surface area (Å²) in [5, 5.41) is 1.93. The van der Waals surface area contributed by atoms with Gasteiger partial charge in [-0.1, -0.05) is 31.9 Å². The molecule has 150 valence electrons. The fourth-order valence-electron chi connectivity index (χ4n) is 2.93. The highest BCUT2D eigenvalue weighted by Crippen LogP contribution is 2.23. The van der Waals surface area contributed by atoms with Gasteiger partial charge in [-0.15, -0.1) is 0 Å². The SMILES string of the molecule is CCCCCOc1ccc2cc(C(=O)Oc3ccc(C(=O)OC)cc3)ccc2c1. The largest absolute Gasteiger partial charge is 0.494 e. The van der Waals surface area contributed by atoms with E-state index >= 15 is 0 Å². The van der Waals surface area contributed by atoms with Crippen LogP contribution in [0.15, 0.2) is 60.7 Å². The Hall–Kier alpha value is -3.34. The Labute approximate surface area is 170 Å². The van der Waals surface area contributed by atoms with Crippen molar-refractivity contribution in [2.75, 3.05) is 13.7 Å². The van der Waals surface area contributed by atoms with E-state index in [0.29, 0.717) is 23.5 Å². The molecule has 0 heterocycles. The molecule has 0 aliphatic carbocycles. The smallest absolute Gasteiger partial charge is 0.343 e. The summed E-state index contributed by atoms with van der Waals surface area (Å²) in [6, 6.07) is 17.5. The van der Waals surface area contributed by atoms with Crippen LogP contribution in [0.2, 0.25) is 0 Å². The van der Waals surface area contributed by atoms with Gasteiger partial charge in [0, 0.05) is 0 Å². The van der Waals surface area contributed by atoms with E-state index in [-0.39, 0.29) is 0 Å². The van der Waals surface area contributed by atoms with Gasteiger partial charge in [0.1, 0.15) is 11.5 Å². The maximum Gasteiger partial charge on any atom is 0.343 e. The molecule has 0 aliphatic rings. The van der Waals surface area contributed by atoms with Crippen LogP contribution in [0.3, 0.4) is 0 Å². The van der Waals surface area contributed by atoms with Crippen molar-refractivity contribution in [1.29, 1.82) is 0 Å². The monoisotopic (exact) mass is 392 g/mol. The topological polar surface area (TPSA) is 61.8 Å². The zero-order valence-electron chi connectivity index (χ0n) is 16.6. The van der Waals surface area contributed by atoms with Crippen molar-refractivity contribution in [3.05, 3.63) is 71.8 Å². The van der Waals surface area contributed by atoms with E-state index in [2.05, 4.69) is 11.7 Å². The molecule has 0 aliphatic heterocycles. The Morgan fingerprint density at radius 2 is 1.41 bits per heavy atom. The van der Waals surface area contributed by atoms with Gasteiger partial charge in [-0.2, -0.15) is 0 Å². The average Bonchev–Trinajstić information content (AvgIpc) is 2.76. The standard InChI is InChI=1S/C24H24O5/c1-3-4-5-14-28-22-13-10-18-15-20(7-6-19(18)16-22)24(26)29-21-11-8-17(9-12-21)23(25)27-2/h6-13,15-16H,3-5,14H2,1-2H3. The maximum atomic E-state index is 12.5. The fourth-order valence-corrected chi connectivity index (χ4v) is 2.93. The van der Waals surface area contributed by atoms with Gasteiger partial charge in [-0.3, -0.25) is 0 Å². The Morgan fingerprint density at radius 1 is 0.759 bits per heavy atom. The Balaban J connectivity index is 1.67. The summed E-state index contributed by atoms with van der Waals surface area (Å²) in [6.45, 7) is 2.87. The molecular formula is C24H24O5. The van der Waals surface area contributed by atoms with E-state index in [1.807, 2.05) is 24.3 Å². The minimum Gasteiger partial charge on any atom is -0.494 e. The van der Waals surface area contributed by atoms with Gasteiger partial charge >= 0.3 is 11.9 Å². The number of carbonyl (C=O) groups is 2. The molecule has 5 heteroatoms. The lowest BCUT2D eigenvalue weighted by Gasteiger charge is -2.09. The van der Waals surface area contributed by atoms with Crippen molar-refractivity contribution < 1.29 is 23.8 Å². The molecule has 0 N–H and O–H groups in total. The lowest BCUT2D eigenvalue weighted by molar-refractivity contribution is 0.0600. The van der Waals surface area contributed by atoms with Crippen LogP contribution in [0.1, 0.15) is 46.9 Å². The normalized spacial score (nSPS) is 10.6. The highest BCUT2D eigenvalue weighted by Gasteiger charge is 2.11. The molecule has 3 aromatic carbocycles. The fraction of sp³-hybridized carbons (Fsp3) is 0.250. The van der Waals surface area contributed by atoms with Crippen LogP contribution < -0.4 is 9.47 Å². The van der Waals surface area contributed by atoms with Gasteiger partial charge in [0.15, 0.2) is 0 Å². The summed E-state index contributed by atoms with van der Waals surface area (Å²) in [7, 11) is 1.32. The lowest BCUT2D eigenvalue weighted by Crippen LogP contribution is -2.08. The van der Waals surface area contributed by atoms with E-state index in [9.17, 15) is 9.59 Å². The number of methoxy groups -OCH3 is 1. The highest BCUT2D eigenvalue weighted by atomic mass is 16.5. The van der Waals surface area contributed by atoms with E-state index < -0.39 is 11.9 Å². The van der Waals surface area contributed by atoms with Crippen LogP contribution in [0.5, 0.6) is 11.5 Å². The van der Waals surface area contributed by atoms with E-state index in [1.165, 1.54) is 7.11 Å². The first-order valence-electron chi connectivity index (χ1n) is 9.68. The first kappa shape index (κ1) is 20.4. The molecule has 0 spiro atoms. The zero-order chi connectivity index (χ0) is 20.6. The minimum absolute atomic E-state index is 0.360. The van der Waals surface area contributed by atoms with Crippen LogP contribution in [0.25, 0.3) is 10.8 Å². The van der Waals surface area contributed by atoms with E-state index in [4.69, 9.17) is 9.47 Å². The Bertz CT molecular complexity index is 992. The molecule has 3 aromatic rings. The van der Waals surface area contributed by atoms with Crippen molar-refractivity contribution in [3.8, 4) is 11.5 Å². The molecule has 0 unspecified atom stereocenters. The molecule has 0 aromatic heterocycles. The highest BCUT2D eigenvalue weighted by molar-refractivity contribution is 5.97. The number of rotatable bonds is 8. The van der Waals surface area contributed by atoms with Crippen LogP contribution >= 0.6 is 0 Å². The molecule has 29 heavy (non-hydrogen) atoms. The Morgan fingerprint density at radius 3 is 2.14 bits per heavy atom. The van der Waals surface area contributed by atoms with Crippen molar-refractivity contribution in [2.24, 2.45) is 0 Å². The van der Waals surface area contributed by atoms with E-state index in [1.54, 1.807) is 36.4 Å². The summed E-state index contributed by atoms with van der Waals surface area (Å²) in [4.78, 5) is 23.9. The van der Waals surface area contributed by atoms with Crippen LogP contribution in [-0.2, 0) is 4.74 Å². The lowest BCUT2D eigenvalue weighted by atomic mass is 10.1. The predicted molar refractivity (Wildman–Crippen MR) is 112 cm³/mol. The van der Waals surface area contributed by atoms with Gasteiger partial charge in [0.25, 0.3) is 0 Å². The third-order valence-corrected chi connectivity index (χ3v) is 4.55. The molecule has 0 amide bonds. The number of unbranched alkanes of at least 4 members (excludes halogenated alkanes) is 2. The van der Waals surface area contributed by atoms with Gasteiger partial charge in [-0.25, -0.2) is 9.59 Å². The number of hydrogen-bond donors (Lipinski definition) is 0. The average molecular weight is 392 g/mol. The maximum absolute atomic E-state index is 12.5. The van der Waals surface area contributed by atoms with Crippen LogP contribution in [0, 0.1) is 0 Å². The Kier molecular flexibility index (Phi) is 6.85. The van der Waals surface area contributed by atoms with Crippen LogP contribution in [-0.4, -0.2) is 25.7 Å². The first-order chi connectivity index (χ1) is 14.1. The molecule has 0 saturated heterocycles. The number of ether oxygens (including phenoxy) is 3. The van der Waals surface area contributed by atoms with Gasteiger partial charge < -0.3 is 14.2 Å². The number of carbonyl (C=O) groups excluding carboxylic acids is 2. The van der Waals surface area contributed by atoms with Crippen molar-refractivity contribution in [2.45, 2.75) is 26.2 Å². The molecule has 0 bridgehead atoms. The van der Waals surface area contributed by atoms with Crippen molar-refractivity contribution >= 4 is 22.7 Å².